The standard InChI is InChI=1S/C19H20F3N3O2/c1-24(11-13-2-3-15(21)10-17(13)22)12-19(27)25(9-8-18(23)26)16-6-4-14(20)5-7-16/h2-7,10H,8-9,11-12H2,1H3,(H2,23,26). The van der Waals surface area contributed by atoms with Gasteiger partial charge in [0, 0.05) is 36.8 Å². The van der Waals surface area contributed by atoms with Crippen LogP contribution in [0.25, 0.3) is 0 Å². The molecule has 0 unspecified atom stereocenters. The molecule has 5 nitrogen and oxygen atoms in total. The molecular formula is C19H20F3N3O2. The number of carbonyl (C=O) groups excluding carboxylic acids is 2. The predicted octanol–water partition coefficient (Wildman–Crippen LogP) is 2.44. The van der Waals surface area contributed by atoms with Crippen LogP contribution in [0.2, 0.25) is 0 Å². The van der Waals surface area contributed by atoms with Crippen LogP contribution in [-0.2, 0) is 16.1 Å². The van der Waals surface area contributed by atoms with Gasteiger partial charge in [0.1, 0.15) is 17.5 Å². The fraction of sp³-hybridized carbons (Fsp3) is 0.263. The third kappa shape index (κ3) is 6.10. The molecule has 0 aliphatic heterocycles. The van der Waals surface area contributed by atoms with Crippen LogP contribution in [-0.4, -0.2) is 36.9 Å². The van der Waals surface area contributed by atoms with E-state index in [2.05, 4.69) is 0 Å². The number of nitrogens with zero attached hydrogens (tertiary/aromatic N) is 2. The minimum Gasteiger partial charge on any atom is -0.370 e. The van der Waals surface area contributed by atoms with Crippen LogP contribution in [0.15, 0.2) is 42.5 Å². The zero-order valence-corrected chi connectivity index (χ0v) is 14.8. The summed E-state index contributed by atoms with van der Waals surface area (Å²) < 4.78 is 39.9. The third-order valence-corrected chi connectivity index (χ3v) is 3.88. The van der Waals surface area contributed by atoms with Gasteiger partial charge in [0.25, 0.3) is 0 Å². The summed E-state index contributed by atoms with van der Waals surface area (Å²) >= 11 is 0. The van der Waals surface area contributed by atoms with Crippen molar-refractivity contribution >= 4 is 17.5 Å². The van der Waals surface area contributed by atoms with Crippen LogP contribution in [0.3, 0.4) is 0 Å². The second-order valence-corrected chi connectivity index (χ2v) is 6.15. The van der Waals surface area contributed by atoms with Gasteiger partial charge in [-0.05, 0) is 37.4 Å². The van der Waals surface area contributed by atoms with Gasteiger partial charge in [0.05, 0.1) is 6.54 Å². The van der Waals surface area contributed by atoms with Crippen LogP contribution in [0.4, 0.5) is 18.9 Å². The van der Waals surface area contributed by atoms with E-state index in [-0.39, 0.29) is 37.5 Å². The minimum atomic E-state index is -0.696. The molecule has 0 bridgehead atoms. The molecule has 0 heterocycles. The quantitative estimate of drug-likeness (QED) is 0.766. The maximum Gasteiger partial charge on any atom is 0.241 e. The van der Waals surface area contributed by atoms with Crippen LogP contribution >= 0.6 is 0 Å². The lowest BCUT2D eigenvalue weighted by Gasteiger charge is -2.25. The van der Waals surface area contributed by atoms with Gasteiger partial charge in [0.15, 0.2) is 0 Å². The van der Waals surface area contributed by atoms with Gasteiger partial charge in [0.2, 0.25) is 11.8 Å². The number of likely N-dealkylation sites (N-methyl/N-ethyl adjacent to an activating group) is 1. The summed E-state index contributed by atoms with van der Waals surface area (Å²) in [7, 11) is 1.61. The molecule has 0 saturated carbocycles. The molecule has 27 heavy (non-hydrogen) atoms. The van der Waals surface area contributed by atoms with E-state index in [4.69, 9.17) is 5.73 Å². The van der Waals surface area contributed by atoms with Gasteiger partial charge in [-0.3, -0.25) is 14.5 Å². The Balaban J connectivity index is 2.09. The maximum absolute atomic E-state index is 13.8. The molecule has 2 N–H and O–H groups in total. The number of nitrogens with two attached hydrogens (primary N) is 1. The number of rotatable bonds is 8. The molecule has 8 heteroatoms. The van der Waals surface area contributed by atoms with Gasteiger partial charge in [-0.2, -0.15) is 0 Å². The van der Waals surface area contributed by atoms with Crippen LogP contribution < -0.4 is 10.6 Å². The van der Waals surface area contributed by atoms with Crippen molar-refractivity contribution in [2.75, 3.05) is 25.0 Å². The van der Waals surface area contributed by atoms with E-state index in [1.807, 2.05) is 0 Å². The number of hydrogen-bond donors (Lipinski definition) is 1. The Labute approximate surface area is 155 Å². The Morgan fingerprint density at radius 1 is 1.00 bits per heavy atom. The second kappa shape index (κ2) is 9.18. The zero-order valence-electron chi connectivity index (χ0n) is 14.8. The highest BCUT2D eigenvalue weighted by molar-refractivity contribution is 5.95. The van der Waals surface area contributed by atoms with E-state index >= 15 is 0 Å². The van der Waals surface area contributed by atoms with Crippen molar-refractivity contribution < 1.29 is 22.8 Å². The lowest BCUT2D eigenvalue weighted by Crippen LogP contribution is -2.40. The first kappa shape index (κ1) is 20.4. The van der Waals surface area contributed by atoms with Crippen molar-refractivity contribution in [3.63, 3.8) is 0 Å². The SMILES string of the molecule is CN(CC(=O)N(CCC(N)=O)c1ccc(F)cc1)Cc1ccc(F)cc1F. The van der Waals surface area contributed by atoms with Crippen molar-refractivity contribution in [1.29, 1.82) is 0 Å². The number of benzene rings is 2. The summed E-state index contributed by atoms with van der Waals surface area (Å²) in [6.07, 6.45) is -0.0561. The van der Waals surface area contributed by atoms with E-state index in [1.54, 1.807) is 11.9 Å². The smallest absolute Gasteiger partial charge is 0.241 e. The Hall–Kier alpha value is -2.87. The number of halogens is 3. The Morgan fingerprint density at radius 2 is 1.63 bits per heavy atom. The van der Waals surface area contributed by atoms with Crippen molar-refractivity contribution in [2.45, 2.75) is 13.0 Å². The molecule has 0 aromatic heterocycles. The molecule has 0 spiro atoms. The molecule has 0 saturated heterocycles. The zero-order chi connectivity index (χ0) is 20.0. The summed E-state index contributed by atoms with van der Waals surface area (Å²) in [6.45, 7) is 0.0381. The molecule has 0 radical (unpaired) electrons. The summed E-state index contributed by atoms with van der Waals surface area (Å²) in [6, 6.07) is 8.50. The first-order valence-electron chi connectivity index (χ1n) is 8.23. The van der Waals surface area contributed by atoms with Gasteiger partial charge in [-0.1, -0.05) is 6.07 Å². The Bertz CT molecular complexity index is 812. The highest BCUT2D eigenvalue weighted by Crippen LogP contribution is 2.17. The average molecular weight is 379 g/mol. The number of amides is 2. The van der Waals surface area contributed by atoms with E-state index in [0.717, 1.165) is 12.1 Å². The first-order valence-corrected chi connectivity index (χ1v) is 8.23. The van der Waals surface area contributed by atoms with Crippen LogP contribution in [0.5, 0.6) is 0 Å². The summed E-state index contributed by atoms with van der Waals surface area (Å²) in [5, 5.41) is 0. The molecule has 144 valence electrons. The molecule has 0 atom stereocenters. The third-order valence-electron chi connectivity index (χ3n) is 3.88. The van der Waals surface area contributed by atoms with Gasteiger partial charge in [-0.15, -0.1) is 0 Å². The van der Waals surface area contributed by atoms with Crippen molar-refractivity contribution in [3.05, 3.63) is 65.5 Å². The van der Waals surface area contributed by atoms with E-state index in [9.17, 15) is 22.8 Å². The molecule has 0 aliphatic carbocycles. The number of carbonyl (C=O) groups is 2. The molecule has 0 aliphatic rings. The minimum absolute atomic E-state index is 0.0402. The van der Waals surface area contributed by atoms with Gasteiger partial charge < -0.3 is 10.6 Å². The highest BCUT2D eigenvalue weighted by atomic mass is 19.1. The average Bonchev–Trinajstić information content (AvgIpc) is 2.59. The van der Waals surface area contributed by atoms with Gasteiger partial charge >= 0.3 is 0 Å². The molecular weight excluding hydrogens is 359 g/mol. The second-order valence-electron chi connectivity index (χ2n) is 6.15. The van der Waals surface area contributed by atoms with Gasteiger partial charge in [-0.25, -0.2) is 13.2 Å². The molecule has 2 rings (SSSR count). The number of hydrogen-bond acceptors (Lipinski definition) is 3. The predicted molar refractivity (Wildman–Crippen MR) is 95.3 cm³/mol. The monoisotopic (exact) mass is 379 g/mol. The largest absolute Gasteiger partial charge is 0.370 e. The Morgan fingerprint density at radius 3 is 2.22 bits per heavy atom. The highest BCUT2D eigenvalue weighted by Gasteiger charge is 2.19. The summed E-state index contributed by atoms with van der Waals surface area (Å²) in [5.74, 6) is -2.77. The summed E-state index contributed by atoms with van der Waals surface area (Å²) in [5.41, 5.74) is 5.82. The lowest BCUT2D eigenvalue weighted by atomic mass is 10.2. The maximum atomic E-state index is 13.8. The molecule has 0 fully saturated rings. The van der Waals surface area contributed by atoms with Crippen molar-refractivity contribution in [3.8, 4) is 0 Å². The van der Waals surface area contributed by atoms with Crippen LogP contribution in [0.1, 0.15) is 12.0 Å². The van der Waals surface area contributed by atoms with Crippen molar-refractivity contribution in [1.82, 2.24) is 4.90 Å². The number of anilines is 1. The summed E-state index contributed by atoms with van der Waals surface area (Å²) in [4.78, 5) is 26.6. The van der Waals surface area contributed by atoms with E-state index in [1.165, 1.54) is 35.2 Å². The molecule has 2 aromatic rings. The first-order chi connectivity index (χ1) is 12.8. The lowest BCUT2D eigenvalue weighted by molar-refractivity contribution is -0.120. The Kier molecular flexibility index (Phi) is 6.95. The molecule has 2 aromatic carbocycles. The molecule has 2 amide bonds. The topological polar surface area (TPSA) is 66.6 Å². The fourth-order valence-corrected chi connectivity index (χ4v) is 2.55. The fourth-order valence-electron chi connectivity index (χ4n) is 2.55. The van der Waals surface area contributed by atoms with E-state index in [0.29, 0.717) is 5.69 Å². The van der Waals surface area contributed by atoms with E-state index < -0.39 is 23.4 Å². The number of primary amides is 1. The van der Waals surface area contributed by atoms with Crippen molar-refractivity contribution in [2.24, 2.45) is 5.73 Å². The normalized spacial score (nSPS) is 10.9. The van der Waals surface area contributed by atoms with Crippen LogP contribution in [0, 0.1) is 17.5 Å².